The molecule has 2 aromatic rings. The van der Waals surface area contributed by atoms with E-state index in [-0.39, 0.29) is 10.9 Å². The second-order valence-electron chi connectivity index (χ2n) is 5.12. The van der Waals surface area contributed by atoms with Crippen LogP contribution in [0, 0.1) is 11.7 Å². The summed E-state index contributed by atoms with van der Waals surface area (Å²) < 4.78 is 13.6. The molecule has 0 spiro atoms. The Balaban J connectivity index is 2.06. The standard InChI is InChI=1S/C16H13ClFN3O/c1-9-14(10-6-11(17)8-12(18)7-10)20-15(21-16(9)22)13-4-2-3-5-19-13/h2-9,14H,1H3,(H,20,21,22). The highest BCUT2D eigenvalue weighted by molar-refractivity contribution is 6.30. The van der Waals surface area contributed by atoms with Crippen LogP contribution in [0.5, 0.6) is 0 Å². The summed E-state index contributed by atoms with van der Waals surface area (Å²) in [5.41, 5.74) is 1.14. The number of benzene rings is 1. The molecule has 4 nitrogen and oxygen atoms in total. The van der Waals surface area contributed by atoms with Crippen molar-refractivity contribution in [2.24, 2.45) is 10.9 Å². The lowest BCUT2D eigenvalue weighted by molar-refractivity contribution is -0.124. The van der Waals surface area contributed by atoms with Crippen LogP contribution in [0.4, 0.5) is 4.39 Å². The summed E-state index contributed by atoms with van der Waals surface area (Å²) in [7, 11) is 0. The number of hydrogen-bond donors (Lipinski definition) is 1. The van der Waals surface area contributed by atoms with Crippen LogP contribution in [0.25, 0.3) is 0 Å². The molecule has 1 aromatic carbocycles. The highest BCUT2D eigenvalue weighted by Crippen LogP contribution is 2.31. The fourth-order valence-corrected chi connectivity index (χ4v) is 2.63. The number of amides is 1. The van der Waals surface area contributed by atoms with E-state index >= 15 is 0 Å². The molecule has 112 valence electrons. The minimum atomic E-state index is -0.501. The fourth-order valence-electron chi connectivity index (χ4n) is 2.40. The summed E-state index contributed by atoms with van der Waals surface area (Å²) in [4.78, 5) is 20.9. The number of aromatic nitrogens is 1. The zero-order valence-electron chi connectivity index (χ0n) is 11.8. The summed E-state index contributed by atoms with van der Waals surface area (Å²) in [5, 5.41) is 3.01. The first-order valence-corrected chi connectivity index (χ1v) is 7.18. The molecule has 1 amide bonds. The summed E-state index contributed by atoms with van der Waals surface area (Å²) in [5.74, 6) is -0.671. The second-order valence-corrected chi connectivity index (χ2v) is 5.55. The first-order chi connectivity index (χ1) is 10.5. The molecular weight excluding hydrogens is 305 g/mol. The lowest BCUT2D eigenvalue weighted by atomic mass is 9.92. The Bertz CT molecular complexity index is 728. The van der Waals surface area contributed by atoms with E-state index in [1.165, 1.54) is 12.1 Å². The first kappa shape index (κ1) is 14.7. The number of pyridine rings is 1. The van der Waals surface area contributed by atoms with Crippen molar-refractivity contribution >= 4 is 23.3 Å². The Morgan fingerprint density at radius 1 is 1.27 bits per heavy atom. The van der Waals surface area contributed by atoms with Crippen LogP contribution in [-0.2, 0) is 4.79 Å². The van der Waals surface area contributed by atoms with Crippen LogP contribution in [0.15, 0.2) is 47.6 Å². The minimum absolute atomic E-state index is 0.180. The van der Waals surface area contributed by atoms with Crippen LogP contribution >= 0.6 is 11.6 Å². The SMILES string of the molecule is CC1C(=O)NC(c2ccccn2)=NC1c1cc(F)cc(Cl)c1. The Kier molecular flexibility index (Phi) is 3.90. The van der Waals surface area contributed by atoms with Gasteiger partial charge in [-0.25, -0.2) is 4.39 Å². The van der Waals surface area contributed by atoms with Gasteiger partial charge in [-0.2, -0.15) is 0 Å². The topological polar surface area (TPSA) is 54.4 Å². The van der Waals surface area contributed by atoms with E-state index in [4.69, 9.17) is 11.6 Å². The molecule has 3 rings (SSSR count). The molecule has 2 atom stereocenters. The van der Waals surface area contributed by atoms with Crippen LogP contribution in [0.1, 0.15) is 24.2 Å². The van der Waals surface area contributed by atoms with Crippen molar-refractivity contribution in [1.29, 1.82) is 0 Å². The predicted octanol–water partition coefficient (Wildman–Crippen LogP) is 3.13. The highest BCUT2D eigenvalue weighted by Gasteiger charge is 2.31. The molecule has 22 heavy (non-hydrogen) atoms. The average Bonchev–Trinajstić information content (AvgIpc) is 2.49. The normalized spacial score (nSPS) is 21.2. The minimum Gasteiger partial charge on any atom is -0.309 e. The van der Waals surface area contributed by atoms with Gasteiger partial charge in [-0.3, -0.25) is 14.8 Å². The zero-order valence-corrected chi connectivity index (χ0v) is 12.5. The number of halogens is 2. The van der Waals surface area contributed by atoms with Crippen molar-refractivity contribution in [1.82, 2.24) is 10.3 Å². The smallest absolute Gasteiger partial charge is 0.230 e. The van der Waals surface area contributed by atoms with Crippen LogP contribution in [-0.4, -0.2) is 16.7 Å². The third-order valence-corrected chi connectivity index (χ3v) is 3.75. The first-order valence-electron chi connectivity index (χ1n) is 6.80. The molecule has 0 fully saturated rings. The number of nitrogens with one attached hydrogen (secondary N) is 1. The fraction of sp³-hybridized carbons (Fsp3) is 0.188. The van der Waals surface area contributed by atoms with Crippen molar-refractivity contribution in [2.75, 3.05) is 0 Å². The molecule has 0 saturated carbocycles. The molecule has 1 aliphatic heterocycles. The van der Waals surface area contributed by atoms with E-state index in [0.717, 1.165) is 0 Å². The number of rotatable bonds is 2. The molecule has 0 aliphatic carbocycles. The van der Waals surface area contributed by atoms with Gasteiger partial charge in [0.15, 0.2) is 5.84 Å². The quantitative estimate of drug-likeness (QED) is 0.925. The van der Waals surface area contributed by atoms with E-state index in [0.29, 0.717) is 17.1 Å². The average molecular weight is 318 g/mol. The summed E-state index contributed by atoms with van der Waals surface area (Å²) in [6.07, 6.45) is 1.62. The van der Waals surface area contributed by atoms with Crippen LogP contribution in [0.2, 0.25) is 5.02 Å². The molecule has 1 N–H and O–H groups in total. The number of carbonyl (C=O) groups excluding carboxylic acids is 1. The summed E-state index contributed by atoms with van der Waals surface area (Å²) >= 11 is 5.91. The van der Waals surface area contributed by atoms with Gasteiger partial charge < -0.3 is 5.32 Å². The summed E-state index contributed by atoms with van der Waals surface area (Å²) in [6, 6.07) is 9.05. The number of nitrogens with zero attached hydrogens (tertiary/aromatic N) is 2. The number of aliphatic imine (C=N–C) groups is 1. The van der Waals surface area contributed by atoms with Gasteiger partial charge >= 0.3 is 0 Å². The highest BCUT2D eigenvalue weighted by atomic mass is 35.5. The molecule has 0 radical (unpaired) electrons. The van der Waals surface area contributed by atoms with E-state index in [1.807, 2.05) is 6.07 Å². The lowest BCUT2D eigenvalue weighted by Gasteiger charge is -2.27. The van der Waals surface area contributed by atoms with Gasteiger partial charge in [-0.05, 0) is 35.9 Å². The van der Waals surface area contributed by atoms with Gasteiger partial charge in [0, 0.05) is 11.2 Å². The van der Waals surface area contributed by atoms with Gasteiger partial charge in [0.25, 0.3) is 0 Å². The largest absolute Gasteiger partial charge is 0.309 e. The van der Waals surface area contributed by atoms with Crippen LogP contribution < -0.4 is 5.32 Å². The Morgan fingerprint density at radius 2 is 2.09 bits per heavy atom. The van der Waals surface area contributed by atoms with Gasteiger partial charge in [0.1, 0.15) is 11.5 Å². The molecule has 2 heterocycles. The van der Waals surface area contributed by atoms with Gasteiger partial charge in [0.05, 0.1) is 12.0 Å². The maximum atomic E-state index is 13.6. The van der Waals surface area contributed by atoms with Gasteiger partial charge in [-0.15, -0.1) is 0 Å². The third-order valence-electron chi connectivity index (χ3n) is 3.53. The van der Waals surface area contributed by atoms with Crippen molar-refractivity contribution in [3.05, 3.63) is 64.7 Å². The monoisotopic (exact) mass is 317 g/mol. The molecule has 1 aromatic heterocycles. The van der Waals surface area contributed by atoms with Crippen molar-refractivity contribution in [3.8, 4) is 0 Å². The van der Waals surface area contributed by atoms with E-state index in [1.54, 1.807) is 31.3 Å². The lowest BCUT2D eigenvalue weighted by Crippen LogP contribution is -2.42. The predicted molar refractivity (Wildman–Crippen MR) is 82.2 cm³/mol. The number of hydrogen-bond acceptors (Lipinski definition) is 3. The Labute approximate surface area is 132 Å². The maximum Gasteiger partial charge on any atom is 0.230 e. The van der Waals surface area contributed by atoms with Crippen molar-refractivity contribution in [3.63, 3.8) is 0 Å². The second kappa shape index (κ2) is 5.85. The van der Waals surface area contributed by atoms with E-state index in [2.05, 4.69) is 15.3 Å². The van der Waals surface area contributed by atoms with E-state index in [9.17, 15) is 9.18 Å². The molecular formula is C16H13ClFN3O. The molecule has 2 unspecified atom stereocenters. The summed E-state index contributed by atoms with van der Waals surface area (Å²) in [6.45, 7) is 1.75. The van der Waals surface area contributed by atoms with Crippen molar-refractivity contribution < 1.29 is 9.18 Å². The molecule has 0 bridgehead atoms. The molecule has 1 aliphatic rings. The van der Waals surface area contributed by atoms with Gasteiger partial charge in [0.2, 0.25) is 5.91 Å². The van der Waals surface area contributed by atoms with Crippen LogP contribution in [0.3, 0.4) is 0 Å². The molecule has 0 saturated heterocycles. The van der Waals surface area contributed by atoms with Crippen molar-refractivity contribution in [2.45, 2.75) is 13.0 Å². The van der Waals surface area contributed by atoms with Gasteiger partial charge in [-0.1, -0.05) is 24.6 Å². The number of carbonyl (C=O) groups is 1. The zero-order chi connectivity index (χ0) is 15.7. The Morgan fingerprint density at radius 3 is 2.77 bits per heavy atom. The molecule has 6 heteroatoms. The third kappa shape index (κ3) is 2.85. The van der Waals surface area contributed by atoms with E-state index < -0.39 is 17.8 Å². The maximum absolute atomic E-state index is 13.6. The Hall–Kier alpha value is -2.27. The number of amidine groups is 1.